The minimum Gasteiger partial charge on any atom is -0.396 e. The van der Waals surface area contributed by atoms with Crippen LogP contribution in [0.15, 0.2) is 65.2 Å². The highest BCUT2D eigenvalue weighted by Crippen LogP contribution is 2.45. The Kier molecular flexibility index (Phi) is 6.67. The maximum Gasteiger partial charge on any atom is 0.0691 e. The second kappa shape index (κ2) is 9.61. The van der Waals surface area contributed by atoms with Crippen LogP contribution < -0.4 is 16.0 Å². The molecule has 0 radical (unpaired) electrons. The molecule has 2 aliphatic rings. The van der Waals surface area contributed by atoms with Gasteiger partial charge in [0.2, 0.25) is 0 Å². The molecule has 0 saturated carbocycles. The molecule has 0 fully saturated rings. The Labute approximate surface area is 194 Å². The lowest BCUT2D eigenvalue weighted by molar-refractivity contribution is 0.731. The lowest BCUT2D eigenvalue weighted by Gasteiger charge is -2.36. The zero-order valence-corrected chi connectivity index (χ0v) is 19.8. The third-order valence-electron chi connectivity index (χ3n) is 5.96. The fourth-order valence-corrected chi connectivity index (χ4v) is 4.66. The zero-order chi connectivity index (χ0) is 21.8. The summed E-state index contributed by atoms with van der Waals surface area (Å²) in [5, 5.41) is 3.58. The number of fused-ring (bicyclic) bond motifs is 3. The number of nitrogens with two attached hydrogens (primary N) is 1. The molecule has 1 atom stereocenters. The van der Waals surface area contributed by atoms with Crippen molar-refractivity contribution >= 4 is 45.1 Å². The van der Waals surface area contributed by atoms with Crippen molar-refractivity contribution in [2.24, 2.45) is 0 Å². The molecular weight excluding hydrogens is 446 g/mol. The molecule has 31 heavy (non-hydrogen) atoms. The van der Waals surface area contributed by atoms with Crippen LogP contribution in [0.3, 0.4) is 0 Å². The normalized spacial score (nSPS) is 15.7. The number of allylic oxidation sites excluding steroid dienone is 4. The Morgan fingerprint density at radius 3 is 2.68 bits per heavy atom. The number of hydrogen-bond acceptors (Lipinski definition) is 3. The summed E-state index contributed by atoms with van der Waals surface area (Å²) < 4.78 is 1.09. The minimum absolute atomic E-state index is 0.181. The highest BCUT2D eigenvalue weighted by Gasteiger charge is 2.27. The number of halogens is 1. The summed E-state index contributed by atoms with van der Waals surface area (Å²) in [6, 6.07) is 8.74. The SMILES string of the molecule is C/C=C\C=C/C(C)N(Cc1ccc(Br)cc1)c1c(N)c2c(c3c1C=CCC3)NCC=C2. The van der Waals surface area contributed by atoms with Crippen molar-refractivity contribution < 1.29 is 0 Å². The first-order chi connectivity index (χ1) is 15.1. The Bertz CT molecular complexity index is 1060. The minimum atomic E-state index is 0.181. The van der Waals surface area contributed by atoms with Crippen molar-refractivity contribution in [3.05, 3.63) is 87.4 Å². The number of hydrogen-bond donors (Lipinski definition) is 2. The summed E-state index contributed by atoms with van der Waals surface area (Å²) in [4.78, 5) is 2.44. The van der Waals surface area contributed by atoms with Crippen LogP contribution in [0, 0.1) is 0 Å². The molecule has 1 unspecified atom stereocenters. The summed E-state index contributed by atoms with van der Waals surface area (Å²) in [6.45, 7) is 5.92. The molecular formula is C27H30BrN3. The van der Waals surface area contributed by atoms with Gasteiger partial charge >= 0.3 is 0 Å². The first-order valence-electron chi connectivity index (χ1n) is 11.0. The third kappa shape index (κ3) is 4.49. The quantitative estimate of drug-likeness (QED) is 0.269. The van der Waals surface area contributed by atoms with Crippen molar-refractivity contribution in [2.75, 3.05) is 22.5 Å². The van der Waals surface area contributed by atoms with Crippen molar-refractivity contribution in [3.63, 3.8) is 0 Å². The second-order valence-corrected chi connectivity index (χ2v) is 8.99. The van der Waals surface area contributed by atoms with Gasteiger partial charge in [-0.1, -0.05) is 76.7 Å². The fraction of sp³-hybridized carbons (Fsp3) is 0.259. The topological polar surface area (TPSA) is 41.3 Å². The number of nitrogen functional groups attached to an aromatic ring is 1. The fourth-order valence-electron chi connectivity index (χ4n) is 4.39. The van der Waals surface area contributed by atoms with Gasteiger partial charge in [-0.2, -0.15) is 0 Å². The predicted octanol–water partition coefficient (Wildman–Crippen LogP) is 6.96. The number of rotatable bonds is 6. The van der Waals surface area contributed by atoms with Crippen LogP contribution in [0.1, 0.15) is 42.5 Å². The van der Waals surface area contributed by atoms with E-state index in [1.807, 2.05) is 6.92 Å². The van der Waals surface area contributed by atoms with Gasteiger partial charge in [-0.05, 0) is 49.9 Å². The molecule has 0 amide bonds. The van der Waals surface area contributed by atoms with Crippen LogP contribution >= 0.6 is 15.9 Å². The standard InChI is InChI=1S/C27H30BrN3/c1-3-4-5-9-19(2)31(18-20-13-15-21(28)16-14-20)27-23-11-7-6-10-22(23)26-24(25(27)29)12-8-17-30-26/h3-5,7-9,11-16,19,30H,6,10,17-18,29H2,1-2H3/b4-3-,9-5-. The first kappa shape index (κ1) is 21.5. The zero-order valence-electron chi connectivity index (χ0n) is 18.2. The van der Waals surface area contributed by atoms with E-state index in [9.17, 15) is 0 Å². The molecule has 0 spiro atoms. The summed E-state index contributed by atoms with van der Waals surface area (Å²) in [5.74, 6) is 0. The Morgan fingerprint density at radius 2 is 1.90 bits per heavy atom. The van der Waals surface area contributed by atoms with Gasteiger partial charge < -0.3 is 16.0 Å². The summed E-state index contributed by atoms with van der Waals surface area (Å²) in [5.41, 5.74) is 15.1. The maximum atomic E-state index is 6.89. The second-order valence-electron chi connectivity index (χ2n) is 8.07. The molecule has 1 aliphatic heterocycles. The molecule has 1 heterocycles. The van der Waals surface area contributed by atoms with E-state index >= 15 is 0 Å². The molecule has 4 heteroatoms. The third-order valence-corrected chi connectivity index (χ3v) is 6.49. The van der Waals surface area contributed by atoms with Gasteiger partial charge in [0.1, 0.15) is 0 Å². The summed E-state index contributed by atoms with van der Waals surface area (Å²) in [6.07, 6.45) is 19.5. The summed E-state index contributed by atoms with van der Waals surface area (Å²) in [7, 11) is 0. The molecule has 0 bridgehead atoms. The van der Waals surface area contributed by atoms with Gasteiger partial charge in [-0.15, -0.1) is 0 Å². The maximum absolute atomic E-state index is 6.89. The Hall–Kier alpha value is -2.72. The number of benzene rings is 2. The molecule has 160 valence electrons. The highest BCUT2D eigenvalue weighted by atomic mass is 79.9. The van der Waals surface area contributed by atoms with Gasteiger partial charge in [0.05, 0.1) is 11.4 Å². The lowest BCUT2D eigenvalue weighted by atomic mass is 9.88. The highest BCUT2D eigenvalue weighted by molar-refractivity contribution is 9.10. The van der Waals surface area contributed by atoms with E-state index in [1.165, 1.54) is 22.4 Å². The molecule has 4 rings (SSSR count). The van der Waals surface area contributed by atoms with Crippen LogP contribution in [0.2, 0.25) is 0 Å². The predicted molar refractivity (Wildman–Crippen MR) is 139 cm³/mol. The summed E-state index contributed by atoms with van der Waals surface area (Å²) >= 11 is 3.55. The van der Waals surface area contributed by atoms with Gasteiger partial charge in [0.15, 0.2) is 0 Å². The monoisotopic (exact) mass is 475 g/mol. The van der Waals surface area contributed by atoms with Crippen LogP contribution in [0.5, 0.6) is 0 Å². The van der Waals surface area contributed by atoms with E-state index in [1.54, 1.807) is 0 Å². The van der Waals surface area contributed by atoms with Crippen molar-refractivity contribution in [1.82, 2.24) is 0 Å². The molecule has 2 aromatic carbocycles. The largest absolute Gasteiger partial charge is 0.396 e. The van der Waals surface area contributed by atoms with Crippen molar-refractivity contribution in [3.8, 4) is 0 Å². The van der Waals surface area contributed by atoms with E-state index in [2.05, 4.69) is 106 Å². The number of anilines is 3. The van der Waals surface area contributed by atoms with E-state index in [-0.39, 0.29) is 6.04 Å². The smallest absolute Gasteiger partial charge is 0.0691 e. The number of nitrogens with zero attached hydrogens (tertiary/aromatic N) is 1. The lowest BCUT2D eigenvalue weighted by Crippen LogP contribution is -2.33. The van der Waals surface area contributed by atoms with E-state index in [4.69, 9.17) is 5.73 Å². The van der Waals surface area contributed by atoms with Crippen LogP contribution in [-0.4, -0.2) is 12.6 Å². The van der Waals surface area contributed by atoms with E-state index < -0.39 is 0 Å². The van der Waals surface area contributed by atoms with Gasteiger partial charge in [0.25, 0.3) is 0 Å². The Balaban J connectivity index is 1.87. The van der Waals surface area contributed by atoms with Crippen molar-refractivity contribution in [1.29, 1.82) is 0 Å². The van der Waals surface area contributed by atoms with Crippen LogP contribution in [0.4, 0.5) is 17.1 Å². The van der Waals surface area contributed by atoms with E-state index in [0.717, 1.165) is 47.3 Å². The number of nitrogens with one attached hydrogen (secondary N) is 1. The molecule has 3 nitrogen and oxygen atoms in total. The molecule has 0 aromatic heterocycles. The average Bonchev–Trinajstić information content (AvgIpc) is 2.80. The van der Waals surface area contributed by atoms with Crippen LogP contribution in [-0.2, 0) is 13.0 Å². The molecule has 3 N–H and O–H groups in total. The molecule has 1 aliphatic carbocycles. The first-order valence-corrected chi connectivity index (χ1v) is 11.7. The average molecular weight is 476 g/mol. The van der Waals surface area contributed by atoms with Crippen LogP contribution in [0.25, 0.3) is 12.2 Å². The Morgan fingerprint density at radius 1 is 1.13 bits per heavy atom. The van der Waals surface area contributed by atoms with E-state index in [0.29, 0.717) is 0 Å². The van der Waals surface area contributed by atoms with Gasteiger partial charge in [-0.25, -0.2) is 0 Å². The molecule has 2 aromatic rings. The molecule has 0 saturated heterocycles. The van der Waals surface area contributed by atoms with Gasteiger partial charge in [0, 0.05) is 40.4 Å². The van der Waals surface area contributed by atoms with Gasteiger partial charge in [-0.3, -0.25) is 0 Å². The van der Waals surface area contributed by atoms with Crippen molar-refractivity contribution in [2.45, 2.75) is 39.3 Å².